The molecule has 0 unspecified atom stereocenters. The van der Waals surface area contributed by atoms with Gasteiger partial charge in [-0.1, -0.05) is 30.3 Å². The Balaban J connectivity index is 1.64. The van der Waals surface area contributed by atoms with Crippen LogP contribution in [0.3, 0.4) is 0 Å². The van der Waals surface area contributed by atoms with Crippen molar-refractivity contribution in [3.05, 3.63) is 60.1 Å². The Bertz CT molecular complexity index is 741. The van der Waals surface area contributed by atoms with Gasteiger partial charge in [-0.3, -0.25) is 4.99 Å². The summed E-state index contributed by atoms with van der Waals surface area (Å²) >= 11 is 0. The van der Waals surface area contributed by atoms with E-state index < -0.39 is 9.84 Å². The van der Waals surface area contributed by atoms with Crippen molar-refractivity contribution in [2.45, 2.75) is 18.6 Å². The first kappa shape index (κ1) is 19.1. The molecule has 25 heavy (non-hydrogen) atoms. The first-order valence-corrected chi connectivity index (χ1v) is 10.1. The Labute approximate surface area is 149 Å². The summed E-state index contributed by atoms with van der Waals surface area (Å²) in [7, 11) is -1.41. The van der Waals surface area contributed by atoms with E-state index in [4.69, 9.17) is 4.42 Å². The van der Waals surface area contributed by atoms with Crippen molar-refractivity contribution >= 4 is 15.8 Å². The third-order valence-electron chi connectivity index (χ3n) is 3.62. The standard InChI is InChI=1S/C18H25N3O3S/c1-19-18(21-12-10-17-9-5-13-24-17)20-11-6-14-25(22,23)15-16-7-3-2-4-8-16/h2-5,7-9,13H,6,10-12,14-15H2,1H3,(H2,19,20,21). The summed E-state index contributed by atoms with van der Waals surface area (Å²) in [6, 6.07) is 13.0. The maximum Gasteiger partial charge on any atom is 0.190 e. The minimum Gasteiger partial charge on any atom is -0.469 e. The number of hydrogen-bond acceptors (Lipinski definition) is 4. The van der Waals surface area contributed by atoms with Crippen LogP contribution in [0, 0.1) is 0 Å². The van der Waals surface area contributed by atoms with Gasteiger partial charge in [-0.05, 0) is 24.1 Å². The highest BCUT2D eigenvalue weighted by atomic mass is 32.2. The van der Waals surface area contributed by atoms with Gasteiger partial charge in [-0.25, -0.2) is 8.42 Å². The minimum absolute atomic E-state index is 0.0873. The zero-order valence-corrected chi connectivity index (χ0v) is 15.3. The quantitative estimate of drug-likeness (QED) is 0.404. The van der Waals surface area contributed by atoms with Gasteiger partial charge in [0.15, 0.2) is 15.8 Å². The summed E-state index contributed by atoms with van der Waals surface area (Å²) in [5.41, 5.74) is 0.825. The molecule has 0 fully saturated rings. The smallest absolute Gasteiger partial charge is 0.190 e. The fourth-order valence-electron chi connectivity index (χ4n) is 2.38. The largest absolute Gasteiger partial charge is 0.469 e. The highest BCUT2D eigenvalue weighted by molar-refractivity contribution is 7.90. The van der Waals surface area contributed by atoms with Gasteiger partial charge in [0.2, 0.25) is 0 Å². The Hall–Kier alpha value is -2.28. The van der Waals surface area contributed by atoms with Crippen molar-refractivity contribution in [1.29, 1.82) is 0 Å². The zero-order valence-electron chi connectivity index (χ0n) is 14.4. The lowest BCUT2D eigenvalue weighted by atomic mass is 10.2. The van der Waals surface area contributed by atoms with Crippen LogP contribution in [0.15, 0.2) is 58.1 Å². The van der Waals surface area contributed by atoms with E-state index in [2.05, 4.69) is 15.6 Å². The van der Waals surface area contributed by atoms with E-state index in [0.29, 0.717) is 25.5 Å². The van der Waals surface area contributed by atoms with Crippen LogP contribution in [0.4, 0.5) is 0 Å². The van der Waals surface area contributed by atoms with Crippen molar-refractivity contribution in [2.75, 3.05) is 25.9 Å². The average Bonchev–Trinajstić information content (AvgIpc) is 3.11. The minimum atomic E-state index is -3.10. The molecule has 0 spiro atoms. The number of hydrogen-bond donors (Lipinski definition) is 2. The molecule has 2 rings (SSSR count). The molecule has 136 valence electrons. The van der Waals surface area contributed by atoms with Crippen molar-refractivity contribution in [3.8, 4) is 0 Å². The van der Waals surface area contributed by atoms with Gasteiger partial charge >= 0.3 is 0 Å². The summed E-state index contributed by atoms with van der Waals surface area (Å²) in [6.07, 6.45) is 2.95. The van der Waals surface area contributed by atoms with Crippen LogP contribution < -0.4 is 10.6 Å². The number of aliphatic imine (C=N–C) groups is 1. The van der Waals surface area contributed by atoms with Crippen LogP contribution in [0.5, 0.6) is 0 Å². The van der Waals surface area contributed by atoms with Crippen LogP contribution in [-0.4, -0.2) is 40.3 Å². The third kappa shape index (κ3) is 7.43. The molecule has 6 nitrogen and oxygen atoms in total. The first-order valence-electron chi connectivity index (χ1n) is 8.30. The number of nitrogens with zero attached hydrogens (tertiary/aromatic N) is 1. The average molecular weight is 363 g/mol. The second-order valence-corrected chi connectivity index (χ2v) is 7.87. The number of sulfone groups is 1. The molecule has 0 aliphatic rings. The lowest BCUT2D eigenvalue weighted by Crippen LogP contribution is -2.39. The van der Waals surface area contributed by atoms with Crippen LogP contribution in [0.25, 0.3) is 0 Å². The second-order valence-electron chi connectivity index (χ2n) is 5.69. The SMILES string of the molecule is CN=C(NCCCS(=O)(=O)Cc1ccccc1)NCCc1ccco1. The molecule has 0 amide bonds. The van der Waals surface area contributed by atoms with Crippen LogP contribution >= 0.6 is 0 Å². The molecule has 2 aromatic rings. The van der Waals surface area contributed by atoms with E-state index in [9.17, 15) is 8.42 Å². The highest BCUT2D eigenvalue weighted by Crippen LogP contribution is 2.06. The molecule has 1 aromatic heterocycles. The van der Waals surface area contributed by atoms with Crippen molar-refractivity contribution < 1.29 is 12.8 Å². The Kier molecular flexibility index (Phi) is 7.53. The monoisotopic (exact) mass is 363 g/mol. The molecular formula is C18H25N3O3S. The normalized spacial score (nSPS) is 12.1. The molecule has 2 N–H and O–H groups in total. The van der Waals surface area contributed by atoms with Gasteiger partial charge in [0.05, 0.1) is 17.8 Å². The van der Waals surface area contributed by atoms with E-state index in [0.717, 1.165) is 17.7 Å². The first-order chi connectivity index (χ1) is 12.1. The van der Waals surface area contributed by atoms with Crippen LogP contribution in [-0.2, 0) is 22.0 Å². The molecule has 7 heteroatoms. The summed E-state index contributed by atoms with van der Waals surface area (Å²) in [6.45, 7) is 1.24. The van der Waals surface area contributed by atoms with Gasteiger partial charge in [-0.2, -0.15) is 0 Å². The molecule has 0 radical (unpaired) electrons. The Morgan fingerprint density at radius 1 is 1.08 bits per heavy atom. The Morgan fingerprint density at radius 3 is 2.52 bits per heavy atom. The van der Waals surface area contributed by atoms with Gasteiger partial charge in [-0.15, -0.1) is 0 Å². The molecular weight excluding hydrogens is 338 g/mol. The number of nitrogens with one attached hydrogen (secondary N) is 2. The van der Waals surface area contributed by atoms with Crippen molar-refractivity contribution in [2.24, 2.45) is 4.99 Å². The van der Waals surface area contributed by atoms with E-state index in [1.807, 2.05) is 42.5 Å². The number of furan rings is 1. The summed E-state index contributed by atoms with van der Waals surface area (Å²) < 4.78 is 29.5. The van der Waals surface area contributed by atoms with Gasteiger partial charge in [0.25, 0.3) is 0 Å². The molecule has 0 saturated carbocycles. The molecule has 0 atom stereocenters. The topological polar surface area (TPSA) is 83.7 Å². The van der Waals surface area contributed by atoms with Gasteiger partial charge < -0.3 is 15.1 Å². The molecule has 1 aromatic carbocycles. The van der Waals surface area contributed by atoms with Crippen molar-refractivity contribution in [1.82, 2.24) is 10.6 Å². The predicted octanol–water partition coefficient (Wildman–Crippen LogP) is 1.99. The van der Waals surface area contributed by atoms with Gasteiger partial charge in [0.1, 0.15) is 5.76 Å². The predicted molar refractivity (Wildman–Crippen MR) is 100 cm³/mol. The fourth-order valence-corrected chi connectivity index (χ4v) is 3.81. The van der Waals surface area contributed by atoms with Crippen molar-refractivity contribution in [3.63, 3.8) is 0 Å². The summed E-state index contributed by atoms with van der Waals surface area (Å²) in [4.78, 5) is 4.12. The van der Waals surface area contributed by atoms with E-state index in [-0.39, 0.29) is 11.5 Å². The molecule has 0 bridgehead atoms. The fraction of sp³-hybridized carbons (Fsp3) is 0.389. The maximum atomic E-state index is 12.1. The number of benzene rings is 1. The summed E-state index contributed by atoms with van der Waals surface area (Å²) in [5, 5.41) is 6.30. The Morgan fingerprint density at radius 2 is 1.84 bits per heavy atom. The highest BCUT2D eigenvalue weighted by Gasteiger charge is 2.11. The zero-order chi connectivity index (χ0) is 18.0. The van der Waals surface area contributed by atoms with Crippen LogP contribution in [0.2, 0.25) is 0 Å². The van der Waals surface area contributed by atoms with E-state index >= 15 is 0 Å². The number of rotatable bonds is 9. The summed E-state index contributed by atoms with van der Waals surface area (Å²) in [5.74, 6) is 1.81. The number of guanidine groups is 1. The third-order valence-corrected chi connectivity index (χ3v) is 5.31. The van der Waals surface area contributed by atoms with E-state index in [1.54, 1.807) is 13.3 Å². The lowest BCUT2D eigenvalue weighted by Gasteiger charge is -2.11. The van der Waals surface area contributed by atoms with Gasteiger partial charge in [0, 0.05) is 26.6 Å². The molecule has 0 aliphatic carbocycles. The second kappa shape index (κ2) is 9.88. The van der Waals surface area contributed by atoms with Crippen LogP contribution in [0.1, 0.15) is 17.7 Å². The molecule has 0 aliphatic heterocycles. The molecule has 1 heterocycles. The van der Waals surface area contributed by atoms with E-state index in [1.165, 1.54) is 0 Å². The maximum absolute atomic E-state index is 12.1. The molecule has 0 saturated heterocycles. The lowest BCUT2D eigenvalue weighted by molar-refractivity contribution is 0.506.